The van der Waals surface area contributed by atoms with Gasteiger partial charge in [-0.05, 0) is 30.9 Å². The van der Waals surface area contributed by atoms with Crippen LogP contribution in [0.2, 0.25) is 0 Å². The van der Waals surface area contributed by atoms with E-state index in [-0.39, 0.29) is 0 Å². The van der Waals surface area contributed by atoms with E-state index in [1.165, 1.54) is 23.3 Å². The van der Waals surface area contributed by atoms with Crippen LogP contribution in [0.3, 0.4) is 0 Å². The molecule has 0 aromatic heterocycles. The molecule has 1 aromatic carbocycles. The Balaban J connectivity index is 2.88. The molecule has 1 aromatic rings. The summed E-state index contributed by atoms with van der Waals surface area (Å²) in [5.74, 6) is 0. The molecule has 0 radical (unpaired) electrons. The van der Waals surface area contributed by atoms with Crippen LogP contribution in [0.1, 0.15) is 38.3 Å². The molecule has 2 heteroatoms. The average Bonchev–Trinajstić information content (AvgIpc) is 2.29. The lowest BCUT2D eigenvalue weighted by atomic mass is 10.0. The predicted octanol–water partition coefficient (Wildman–Crippen LogP) is 3.86. The third-order valence-electron chi connectivity index (χ3n) is 2.54. The van der Waals surface area contributed by atoms with Crippen LogP contribution in [-0.4, -0.2) is 12.8 Å². The Morgan fingerprint density at radius 2 is 2.00 bits per heavy atom. The van der Waals surface area contributed by atoms with Gasteiger partial charge in [-0.15, -0.1) is 11.8 Å². The number of hydrogen-bond acceptors (Lipinski definition) is 2. The SMILES string of the molecule is CCCC(NCC)c1ccccc1SC. The molecular formula is C13H21NS. The van der Waals surface area contributed by atoms with Crippen LogP contribution < -0.4 is 5.32 Å². The summed E-state index contributed by atoms with van der Waals surface area (Å²) in [6.07, 6.45) is 4.58. The number of hydrogen-bond donors (Lipinski definition) is 1. The normalized spacial score (nSPS) is 12.7. The number of thioether (sulfide) groups is 1. The van der Waals surface area contributed by atoms with Gasteiger partial charge in [0, 0.05) is 10.9 Å². The van der Waals surface area contributed by atoms with Crippen molar-refractivity contribution in [2.24, 2.45) is 0 Å². The van der Waals surface area contributed by atoms with Crippen LogP contribution in [0.5, 0.6) is 0 Å². The van der Waals surface area contributed by atoms with E-state index in [2.05, 4.69) is 49.7 Å². The van der Waals surface area contributed by atoms with E-state index in [0.29, 0.717) is 6.04 Å². The molecule has 1 rings (SSSR count). The molecule has 0 fully saturated rings. The number of rotatable bonds is 6. The monoisotopic (exact) mass is 223 g/mol. The fourth-order valence-electron chi connectivity index (χ4n) is 1.86. The molecule has 1 N–H and O–H groups in total. The quantitative estimate of drug-likeness (QED) is 0.735. The molecule has 0 bridgehead atoms. The van der Waals surface area contributed by atoms with Crippen LogP contribution in [0.4, 0.5) is 0 Å². The Hall–Kier alpha value is -0.470. The van der Waals surface area contributed by atoms with Gasteiger partial charge in [0.25, 0.3) is 0 Å². The highest BCUT2D eigenvalue weighted by molar-refractivity contribution is 7.98. The summed E-state index contributed by atoms with van der Waals surface area (Å²) in [4.78, 5) is 1.40. The second-order valence-corrected chi connectivity index (χ2v) is 4.49. The van der Waals surface area contributed by atoms with Crippen LogP contribution >= 0.6 is 11.8 Å². The third-order valence-corrected chi connectivity index (χ3v) is 3.35. The fraction of sp³-hybridized carbons (Fsp3) is 0.538. The molecule has 1 atom stereocenters. The molecule has 15 heavy (non-hydrogen) atoms. The maximum Gasteiger partial charge on any atom is 0.0331 e. The third kappa shape index (κ3) is 3.54. The first-order chi connectivity index (χ1) is 7.33. The highest BCUT2D eigenvalue weighted by Crippen LogP contribution is 2.28. The summed E-state index contributed by atoms with van der Waals surface area (Å²) in [5, 5.41) is 3.56. The Labute approximate surface area is 97.7 Å². The highest BCUT2D eigenvalue weighted by Gasteiger charge is 2.12. The van der Waals surface area contributed by atoms with Crippen LogP contribution in [0.25, 0.3) is 0 Å². The molecule has 84 valence electrons. The maximum absolute atomic E-state index is 3.56. The largest absolute Gasteiger partial charge is 0.310 e. The van der Waals surface area contributed by atoms with Gasteiger partial charge in [-0.3, -0.25) is 0 Å². The summed E-state index contributed by atoms with van der Waals surface area (Å²) in [6.45, 7) is 5.45. The van der Waals surface area contributed by atoms with Gasteiger partial charge in [-0.25, -0.2) is 0 Å². The maximum atomic E-state index is 3.56. The van der Waals surface area contributed by atoms with Crippen molar-refractivity contribution < 1.29 is 0 Å². The lowest BCUT2D eigenvalue weighted by Crippen LogP contribution is -2.21. The first-order valence-electron chi connectivity index (χ1n) is 5.69. The standard InChI is InChI=1S/C13H21NS/c1-4-8-12(14-5-2)11-9-6-7-10-13(11)15-3/h6-7,9-10,12,14H,4-5,8H2,1-3H3. The van der Waals surface area contributed by atoms with E-state index in [1.54, 1.807) is 0 Å². The minimum Gasteiger partial charge on any atom is -0.310 e. The number of nitrogens with one attached hydrogen (secondary N) is 1. The zero-order valence-electron chi connectivity index (χ0n) is 9.92. The summed E-state index contributed by atoms with van der Waals surface area (Å²) < 4.78 is 0. The van der Waals surface area contributed by atoms with E-state index in [4.69, 9.17) is 0 Å². The zero-order valence-corrected chi connectivity index (χ0v) is 10.7. The zero-order chi connectivity index (χ0) is 11.1. The van der Waals surface area contributed by atoms with Crippen LogP contribution in [-0.2, 0) is 0 Å². The lowest BCUT2D eigenvalue weighted by molar-refractivity contribution is 0.503. The molecular weight excluding hydrogens is 202 g/mol. The molecule has 1 unspecified atom stereocenters. The molecule has 0 aliphatic rings. The average molecular weight is 223 g/mol. The fourth-order valence-corrected chi connectivity index (χ4v) is 2.52. The van der Waals surface area contributed by atoms with Gasteiger partial charge in [0.15, 0.2) is 0 Å². The lowest BCUT2D eigenvalue weighted by Gasteiger charge is -2.20. The van der Waals surface area contributed by atoms with Gasteiger partial charge in [-0.1, -0.05) is 38.5 Å². The molecule has 0 saturated carbocycles. The summed E-state index contributed by atoms with van der Waals surface area (Å²) in [5.41, 5.74) is 1.45. The Kier molecular flexibility index (Phi) is 5.81. The van der Waals surface area contributed by atoms with Crippen molar-refractivity contribution in [3.05, 3.63) is 29.8 Å². The van der Waals surface area contributed by atoms with Gasteiger partial charge in [0.2, 0.25) is 0 Å². The van der Waals surface area contributed by atoms with E-state index < -0.39 is 0 Å². The smallest absolute Gasteiger partial charge is 0.0331 e. The van der Waals surface area contributed by atoms with Gasteiger partial charge in [0.05, 0.1) is 0 Å². The van der Waals surface area contributed by atoms with Crippen molar-refractivity contribution in [1.82, 2.24) is 5.32 Å². The molecule has 1 nitrogen and oxygen atoms in total. The van der Waals surface area contributed by atoms with E-state index in [1.807, 2.05) is 11.8 Å². The van der Waals surface area contributed by atoms with Crippen LogP contribution in [0, 0.1) is 0 Å². The second kappa shape index (κ2) is 6.91. The van der Waals surface area contributed by atoms with E-state index in [0.717, 1.165) is 6.54 Å². The van der Waals surface area contributed by atoms with Gasteiger partial charge in [-0.2, -0.15) is 0 Å². The van der Waals surface area contributed by atoms with Crippen molar-refractivity contribution in [2.45, 2.75) is 37.6 Å². The van der Waals surface area contributed by atoms with E-state index >= 15 is 0 Å². The summed E-state index contributed by atoms with van der Waals surface area (Å²) in [7, 11) is 0. The van der Waals surface area contributed by atoms with Crippen molar-refractivity contribution in [1.29, 1.82) is 0 Å². The summed E-state index contributed by atoms with van der Waals surface area (Å²) >= 11 is 1.84. The first-order valence-corrected chi connectivity index (χ1v) is 6.92. The molecule has 0 spiro atoms. The number of benzene rings is 1. The topological polar surface area (TPSA) is 12.0 Å². The van der Waals surface area contributed by atoms with Crippen molar-refractivity contribution in [2.75, 3.05) is 12.8 Å². The predicted molar refractivity (Wildman–Crippen MR) is 69.5 cm³/mol. The first kappa shape index (κ1) is 12.6. The second-order valence-electron chi connectivity index (χ2n) is 3.64. The van der Waals surface area contributed by atoms with Gasteiger partial charge >= 0.3 is 0 Å². The minimum absolute atomic E-state index is 0.517. The minimum atomic E-state index is 0.517. The molecule has 0 amide bonds. The Morgan fingerprint density at radius 3 is 2.60 bits per heavy atom. The molecule has 0 heterocycles. The van der Waals surface area contributed by atoms with Crippen molar-refractivity contribution in [3.8, 4) is 0 Å². The summed E-state index contributed by atoms with van der Waals surface area (Å²) in [6, 6.07) is 9.22. The highest BCUT2D eigenvalue weighted by atomic mass is 32.2. The Bertz CT molecular complexity index is 280. The Morgan fingerprint density at radius 1 is 1.27 bits per heavy atom. The van der Waals surface area contributed by atoms with E-state index in [9.17, 15) is 0 Å². The molecule has 0 aliphatic carbocycles. The molecule has 0 saturated heterocycles. The van der Waals surface area contributed by atoms with Crippen LogP contribution in [0.15, 0.2) is 29.2 Å². The van der Waals surface area contributed by atoms with Crippen molar-refractivity contribution >= 4 is 11.8 Å². The molecule has 0 aliphatic heterocycles. The van der Waals surface area contributed by atoms with Gasteiger partial charge < -0.3 is 5.32 Å². The van der Waals surface area contributed by atoms with Crippen molar-refractivity contribution in [3.63, 3.8) is 0 Å². The van der Waals surface area contributed by atoms with Gasteiger partial charge in [0.1, 0.15) is 0 Å².